The average Bonchev–Trinajstić information content (AvgIpc) is 3.12. The number of rotatable bonds is 41. The molecule has 0 aromatic carbocycles. The second-order valence-corrected chi connectivity index (χ2v) is 10.3. The van der Waals surface area contributed by atoms with E-state index in [1.54, 1.807) is 21.3 Å². The third kappa shape index (κ3) is 38.9. The highest BCUT2D eigenvalue weighted by Crippen LogP contribution is 1.97. The van der Waals surface area contributed by atoms with Crippen molar-refractivity contribution in [1.82, 2.24) is 16.0 Å². The Kier molecular flexibility index (Phi) is 39.0. The molecule has 0 aliphatic carbocycles. The first-order valence-corrected chi connectivity index (χ1v) is 17.1. The average molecular weight is 746 g/mol. The molecular formula is C32H63N3O16. The molecule has 0 rings (SSSR count). The Bertz CT molecular complexity index is 741. The van der Waals surface area contributed by atoms with E-state index in [1.165, 1.54) is 0 Å². The van der Waals surface area contributed by atoms with Gasteiger partial charge in [0.15, 0.2) is 0 Å². The Balaban J connectivity index is 4.11. The van der Waals surface area contributed by atoms with Crippen LogP contribution in [0, 0.1) is 0 Å². The predicted molar refractivity (Wildman–Crippen MR) is 182 cm³/mol. The first kappa shape index (κ1) is 48.9. The quantitative estimate of drug-likeness (QED) is 0.0568. The minimum atomic E-state index is -0.525. The zero-order valence-corrected chi connectivity index (χ0v) is 30.8. The highest BCUT2D eigenvalue weighted by Gasteiger charge is 2.13. The Morgan fingerprint density at radius 1 is 0.373 bits per heavy atom. The third-order valence-corrected chi connectivity index (χ3v) is 6.01. The monoisotopic (exact) mass is 745 g/mol. The van der Waals surface area contributed by atoms with Crippen LogP contribution in [-0.2, 0) is 76.0 Å². The van der Waals surface area contributed by atoms with Crippen LogP contribution in [0.15, 0.2) is 0 Å². The van der Waals surface area contributed by atoms with E-state index >= 15 is 0 Å². The van der Waals surface area contributed by atoms with Crippen molar-refractivity contribution in [2.75, 3.05) is 186 Å². The lowest BCUT2D eigenvalue weighted by Crippen LogP contribution is -2.35. The summed E-state index contributed by atoms with van der Waals surface area (Å²) in [5.41, 5.74) is 0. The van der Waals surface area contributed by atoms with Crippen LogP contribution >= 0.6 is 0 Å². The molecule has 0 bridgehead atoms. The van der Waals surface area contributed by atoms with Crippen molar-refractivity contribution in [3.63, 3.8) is 0 Å². The Morgan fingerprint density at radius 2 is 0.667 bits per heavy atom. The molecule has 0 atom stereocenters. The fourth-order valence-electron chi connectivity index (χ4n) is 3.45. The summed E-state index contributed by atoms with van der Waals surface area (Å²) in [7, 11) is 4.78. The van der Waals surface area contributed by atoms with Gasteiger partial charge in [0.1, 0.15) is 25.9 Å². The highest BCUT2D eigenvalue weighted by atomic mass is 16.6. The van der Waals surface area contributed by atoms with Crippen molar-refractivity contribution in [1.29, 1.82) is 0 Å². The van der Waals surface area contributed by atoms with Gasteiger partial charge in [-0.05, 0) is 0 Å². The zero-order chi connectivity index (χ0) is 37.3. The molecule has 0 radical (unpaired) electrons. The molecule has 0 aliphatic rings. The molecule has 3 amide bonds. The molecule has 51 heavy (non-hydrogen) atoms. The molecule has 302 valence electrons. The maximum Gasteiger partial charge on any atom is 0.246 e. The first-order valence-electron chi connectivity index (χ1n) is 17.1. The van der Waals surface area contributed by atoms with Crippen LogP contribution in [0.5, 0.6) is 0 Å². The molecule has 0 fully saturated rings. The van der Waals surface area contributed by atoms with E-state index < -0.39 is 6.10 Å². The molecule has 0 aromatic rings. The second kappa shape index (κ2) is 40.7. The fraction of sp³-hybridized carbons (Fsp3) is 0.906. The van der Waals surface area contributed by atoms with Gasteiger partial charge in [-0.3, -0.25) is 14.4 Å². The number of ether oxygens (including phenoxy) is 13. The van der Waals surface area contributed by atoms with Gasteiger partial charge in [0.05, 0.1) is 126 Å². The molecule has 19 heteroatoms. The number of carbonyl (C=O) groups is 3. The van der Waals surface area contributed by atoms with E-state index in [4.69, 9.17) is 61.6 Å². The molecule has 3 N–H and O–H groups in total. The van der Waals surface area contributed by atoms with Crippen LogP contribution in [0.25, 0.3) is 0 Å². The standard InChI is InChI=1S/C32H63N3O16/c1-39-10-13-42-7-6-35-32(38)28-51-29(24-47-20-16-43-8-4-33-30(36)26-49-22-18-45-14-11-40-2)25-48-21-17-44-9-5-34-31(37)27-50-23-19-46-15-12-41-3/h29H,4-28H2,1-3H3,(H,33,36)(H,34,37)(H,35,38). The van der Waals surface area contributed by atoms with Gasteiger partial charge in [0, 0.05) is 41.0 Å². The number of carbonyl (C=O) groups excluding carboxylic acids is 3. The Labute approximate surface area is 302 Å². The van der Waals surface area contributed by atoms with Crippen LogP contribution in [0.2, 0.25) is 0 Å². The summed E-state index contributed by atoms with van der Waals surface area (Å²) in [6.07, 6.45) is -0.525. The maximum atomic E-state index is 12.2. The van der Waals surface area contributed by atoms with E-state index in [0.29, 0.717) is 119 Å². The van der Waals surface area contributed by atoms with Gasteiger partial charge < -0.3 is 77.5 Å². The summed E-state index contributed by atoms with van der Waals surface area (Å²) in [5.74, 6) is -0.791. The lowest BCUT2D eigenvalue weighted by atomic mass is 10.4. The summed E-state index contributed by atoms with van der Waals surface area (Å²) in [6, 6.07) is 0. The van der Waals surface area contributed by atoms with Crippen molar-refractivity contribution >= 4 is 17.7 Å². The van der Waals surface area contributed by atoms with Crippen molar-refractivity contribution in [3.8, 4) is 0 Å². The van der Waals surface area contributed by atoms with Crippen molar-refractivity contribution < 1.29 is 76.0 Å². The molecule has 0 spiro atoms. The largest absolute Gasteiger partial charge is 0.382 e. The van der Waals surface area contributed by atoms with Crippen LogP contribution < -0.4 is 16.0 Å². The molecule has 0 heterocycles. The van der Waals surface area contributed by atoms with E-state index in [-0.39, 0.29) is 64.0 Å². The van der Waals surface area contributed by atoms with Crippen LogP contribution in [-0.4, -0.2) is 210 Å². The minimum Gasteiger partial charge on any atom is -0.382 e. The Morgan fingerprint density at radius 3 is 1.04 bits per heavy atom. The lowest BCUT2D eigenvalue weighted by molar-refractivity contribution is -0.132. The molecule has 0 saturated heterocycles. The van der Waals surface area contributed by atoms with Crippen molar-refractivity contribution in [2.24, 2.45) is 0 Å². The lowest BCUT2D eigenvalue weighted by Gasteiger charge is -2.18. The van der Waals surface area contributed by atoms with Gasteiger partial charge in [-0.2, -0.15) is 0 Å². The topological polar surface area (TPSA) is 207 Å². The number of hydrogen-bond donors (Lipinski definition) is 3. The fourth-order valence-corrected chi connectivity index (χ4v) is 3.45. The zero-order valence-electron chi connectivity index (χ0n) is 30.8. The third-order valence-electron chi connectivity index (χ3n) is 6.01. The highest BCUT2D eigenvalue weighted by molar-refractivity contribution is 5.77. The number of methoxy groups -OCH3 is 3. The number of amides is 3. The number of hydrogen-bond acceptors (Lipinski definition) is 16. The maximum absolute atomic E-state index is 12.2. The molecule has 0 aliphatic heterocycles. The predicted octanol–water partition coefficient (Wildman–Crippen LogP) is -2.19. The smallest absolute Gasteiger partial charge is 0.246 e. The van der Waals surface area contributed by atoms with Gasteiger partial charge in [-0.25, -0.2) is 0 Å². The molecule has 19 nitrogen and oxygen atoms in total. The molecule has 0 saturated carbocycles. The van der Waals surface area contributed by atoms with E-state index in [0.717, 1.165) is 0 Å². The van der Waals surface area contributed by atoms with Crippen molar-refractivity contribution in [3.05, 3.63) is 0 Å². The van der Waals surface area contributed by atoms with Gasteiger partial charge >= 0.3 is 0 Å². The molecule has 0 aromatic heterocycles. The summed E-state index contributed by atoms with van der Waals surface area (Å²) in [6.45, 7) is 7.39. The minimum absolute atomic E-state index is 0.0613. The molecular weight excluding hydrogens is 682 g/mol. The van der Waals surface area contributed by atoms with Crippen molar-refractivity contribution in [2.45, 2.75) is 6.10 Å². The van der Waals surface area contributed by atoms with Gasteiger partial charge in [0.2, 0.25) is 17.7 Å². The van der Waals surface area contributed by atoms with Gasteiger partial charge in [-0.15, -0.1) is 0 Å². The van der Waals surface area contributed by atoms with Crippen LogP contribution in [0.4, 0.5) is 0 Å². The molecule has 0 unspecified atom stereocenters. The van der Waals surface area contributed by atoms with E-state index in [2.05, 4.69) is 16.0 Å². The summed E-state index contributed by atoms with van der Waals surface area (Å²) >= 11 is 0. The summed E-state index contributed by atoms with van der Waals surface area (Å²) < 4.78 is 69.0. The van der Waals surface area contributed by atoms with Crippen LogP contribution in [0.3, 0.4) is 0 Å². The summed E-state index contributed by atoms with van der Waals surface area (Å²) in [5, 5.41) is 8.13. The second-order valence-electron chi connectivity index (χ2n) is 10.3. The number of nitrogens with one attached hydrogen (secondary N) is 3. The normalized spacial score (nSPS) is 11.3. The SMILES string of the molecule is COCCOCCNC(=O)COC(COCCOCCNC(=O)COCCOCCOC)COCCOCCNC(=O)COCCOCCOC. The Hall–Kier alpha value is -2.11. The van der Waals surface area contributed by atoms with Gasteiger partial charge in [-0.1, -0.05) is 0 Å². The van der Waals surface area contributed by atoms with Crippen LogP contribution in [0.1, 0.15) is 0 Å². The first-order chi connectivity index (χ1) is 25.0. The van der Waals surface area contributed by atoms with Gasteiger partial charge in [0.25, 0.3) is 0 Å². The summed E-state index contributed by atoms with van der Waals surface area (Å²) in [4.78, 5) is 35.8. The van der Waals surface area contributed by atoms with E-state index in [1.807, 2.05) is 0 Å². The van der Waals surface area contributed by atoms with E-state index in [9.17, 15) is 14.4 Å².